The summed E-state index contributed by atoms with van der Waals surface area (Å²) in [6.07, 6.45) is 5.77. The number of pyridine rings is 1. The molecule has 1 aliphatic heterocycles. The van der Waals surface area contributed by atoms with Gasteiger partial charge in [0.1, 0.15) is 0 Å². The lowest BCUT2D eigenvalue weighted by molar-refractivity contribution is 0.181. The lowest BCUT2D eigenvalue weighted by Crippen LogP contribution is -2.48. The molecule has 0 bridgehead atoms. The lowest BCUT2D eigenvalue weighted by Gasteiger charge is -2.33. The Morgan fingerprint density at radius 1 is 1.30 bits per heavy atom. The molecule has 0 radical (unpaired) electrons. The Kier molecular flexibility index (Phi) is 5.28. The summed E-state index contributed by atoms with van der Waals surface area (Å²) in [6.45, 7) is 7.07. The molecule has 5 nitrogen and oxygen atoms in total. The number of nitrogens with zero attached hydrogens (tertiary/aromatic N) is 3. The van der Waals surface area contributed by atoms with Crippen molar-refractivity contribution in [2.45, 2.75) is 13.0 Å². The molecule has 0 unspecified atom stereocenters. The van der Waals surface area contributed by atoms with Crippen LogP contribution >= 0.6 is 0 Å². The third-order valence-corrected chi connectivity index (χ3v) is 5.34. The number of hydrogen-bond acceptors (Lipinski definition) is 4. The van der Waals surface area contributed by atoms with Crippen LogP contribution in [0.15, 0.2) is 37.2 Å². The Balaban J connectivity index is 1.85. The number of allylic oxidation sites excluding steroid dienone is 1. The van der Waals surface area contributed by atoms with Crippen molar-refractivity contribution in [2.75, 3.05) is 31.9 Å². The molecule has 1 aliphatic rings. The van der Waals surface area contributed by atoms with E-state index in [4.69, 9.17) is 0 Å². The molecule has 0 aromatic carbocycles. The van der Waals surface area contributed by atoms with E-state index in [0.717, 1.165) is 25.2 Å². The summed E-state index contributed by atoms with van der Waals surface area (Å²) in [5.74, 6) is 0.166. The van der Waals surface area contributed by atoms with E-state index in [1.54, 1.807) is 16.6 Å². The van der Waals surface area contributed by atoms with Crippen LogP contribution in [-0.4, -0.2) is 54.5 Å². The maximum atomic E-state index is 12.1. The van der Waals surface area contributed by atoms with Gasteiger partial charge in [-0.2, -0.15) is 4.31 Å². The average molecular weight is 295 g/mol. The molecule has 1 fully saturated rings. The molecule has 0 N–H and O–H groups in total. The van der Waals surface area contributed by atoms with Crippen LogP contribution in [-0.2, 0) is 16.6 Å². The van der Waals surface area contributed by atoms with E-state index >= 15 is 0 Å². The molecule has 1 aromatic heterocycles. The molecular weight excluding hydrogens is 274 g/mol. The second-order valence-electron chi connectivity index (χ2n) is 4.93. The zero-order valence-electron chi connectivity index (χ0n) is 11.6. The van der Waals surface area contributed by atoms with E-state index in [2.05, 4.69) is 16.5 Å². The van der Waals surface area contributed by atoms with Gasteiger partial charge in [-0.05, 0) is 18.1 Å². The van der Waals surface area contributed by atoms with Crippen LogP contribution in [0.25, 0.3) is 0 Å². The zero-order chi connectivity index (χ0) is 14.4. The minimum atomic E-state index is -3.12. The molecule has 1 saturated heterocycles. The summed E-state index contributed by atoms with van der Waals surface area (Å²) in [6, 6.07) is 3.96. The second kappa shape index (κ2) is 6.97. The van der Waals surface area contributed by atoms with Crippen LogP contribution in [0.5, 0.6) is 0 Å². The summed E-state index contributed by atoms with van der Waals surface area (Å²) >= 11 is 0. The zero-order valence-corrected chi connectivity index (χ0v) is 12.4. The molecule has 1 aromatic rings. The first-order valence-corrected chi connectivity index (χ1v) is 8.43. The van der Waals surface area contributed by atoms with Crippen LogP contribution in [0.3, 0.4) is 0 Å². The fourth-order valence-corrected chi connectivity index (χ4v) is 3.72. The van der Waals surface area contributed by atoms with Gasteiger partial charge in [-0.15, -0.1) is 6.58 Å². The topological polar surface area (TPSA) is 53.5 Å². The highest BCUT2D eigenvalue weighted by Crippen LogP contribution is 2.11. The smallest absolute Gasteiger partial charge is 0.214 e. The van der Waals surface area contributed by atoms with Gasteiger partial charge < -0.3 is 0 Å². The SMILES string of the molecule is C=CCCS(=O)(=O)N1CCN(Cc2cccnc2)CC1. The molecule has 6 heteroatoms. The number of sulfonamides is 1. The van der Waals surface area contributed by atoms with E-state index in [-0.39, 0.29) is 5.75 Å². The van der Waals surface area contributed by atoms with Crippen molar-refractivity contribution in [3.05, 3.63) is 42.7 Å². The number of piperazine rings is 1. The van der Waals surface area contributed by atoms with E-state index in [0.29, 0.717) is 19.5 Å². The molecule has 0 atom stereocenters. The number of aromatic nitrogens is 1. The normalized spacial score (nSPS) is 18.0. The second-order valence-corrected chi connectivity index (χ2v) is 7.02. The molecule has 20 heavy (non-hydrogen) atoms. The third-order valence-electron chi connectivity index (χ3n) is 3.43. The Hall–Kier alpha value is -1.24. The maximum Gasteiger partial charge on any atom is 0.214 e. The fourth-order valence-electron chi connectivity index (χ4n) is 2.28. The van der Waals surface area contributed by atoms with Gasteiger partial charge in [-0.3, -0.25) is 9.88 Å². The van der Waals surface area contributed by atoms with E-state index < -0.39 is 10.0 Å². The first-order valence-electron chi connectivity index (χ1n) is 6.82. The first kappa shape index (κ1) is 15.2. The van der Waals surface area contributed by atoms with Gasteiger partial charge in [0.05, 0.1) is 5.75 Å². The first-order chi connectivity index (χ1) is 9.62. The predicted molar refractivity (Wildman–Crippen MR) is 79.7 cm³/mol. The Bertz CT molecular complexity index is 523. The standard InChI is InChI=1S/C14H21N3O2S/c1-2-3-11-20(18,19)17-9-7-16(8-10-17)13-14-5-4-6-15-12-14/h2,4-6,12H,1,3,7-11,13H2. The largest absolute Gasteiger partial charge is 0.296 e. The van der Waals surface area contributed by atoms with Crippen LogP contribution in [0.4, 0.5) is 0 Å². The Morgan fingerprint density at radius 2 is 2.05 bits per heavy atom. The van der Waals surface area contributed by atoms with Crippen LogP contribution in [0.2, 0.25) is 0 Å². The van der Waals surface area contributed by atoms with Gasteiger partial charge >= 0.3 is 0 Å². The van der Waals surface area contributed by atoms with Crippen molar-refractivity contribution in [2.24, 2.45) is 0 Å². The molecule has 2 rings (SSSR count). The summed E-state index contributed by atoms with van der Waals surface area (Å²) < 4.78 is 25.7. The highest BCUT2D eigenvalue weighted by molar-refractivity contribution is 7.89. The molecule has 0 saturated carbocycles. The van der Waals surface area contributed by atoms with Gasteiger partial charge in [0.15, 0.2) is 0 Å². The molecular formula is C14H21N3O2S. The van der Waals surface area contributed by atoms with Gasteiger partial charge in [-0.1, -0.05) is 12.1 Å². The van der Waals surface area contributed by atoms with E-state index in [1.807, 2.05) is 18.3 Å². The summed E-state index contributed by atoms with van der Waals surface area (Å²) in [7, 11) is -3.12. The third kappa shape index (κ3) is 4.13. The van der Waals surface area contributed by atoms with Crippen LogP contribution < -0.4 is 0 Å². The fraction of sp³-hybridized carbons (Fsp3) is 0.500. The van der Waals surface area contributed by atoms with Crippen molar-refractivity contribution >= 4 is 10.0 Å². The van der Waals surface area contributed by atoms with Gasteiger partial charge in [0.2, 0.25) is 10.0 Å². The van der Waals surface area contributed by atoms with Gasteiger partial charge in [-0.25, -0.2) is 8.42 Å². The molecule has 110 valence electrons. The molecule has 0 spiro atoms. The highest BCUT2D eigenvalue weighted by atomic mass is 32.2. The van der Waals surface area contributed by atoms with E-state index in [1.165, 1.54) is 0 Å². The Labute approximate surface area is 121 Å². The maximum absolute atomic E-state index is 12.1. The van der Waals surface area contributed by atoms with Gasteiger partial charge in [0.25, 0.3) is 0 Å². The molecule has 2 heterocycles. The minimum absolute atomic E-state index is 0.166. The summed E-state index contributed by atoms with van der Waals surface area (Å²) in [5.41, 5.74) is 1.16. The Morgan fingerprint density at radius 3 is 2.65 bits per heavy atom. The monoisotopic (exact) mass is 295 g/mol. The predicted octanol–water partition coefficient (Wildman–Crippen LogP) is 1.11. The number of hydrogen-bond donors (Lipinski definition) is 0. The lowest BCUT2D eigenvalue weighted by atomic mass is 10.2. The van der Waals surface area contributed by atoms with Crippen molar-refractivity contribution in [3.63, 3.8) is 0 Å². The van der Waals surface area contributed by atoms with Crippen molar-refractivity contribution < 1.29 is 8.42 Å². The van der Waals surface area contributed by atoms with Crippen molar-refractivity contribution in [3.8, 4) is 0 Å². The van der Waals surface area contributed by atoms with Crippen LogP contribution in [0.1, 0.15) is 12.0 Å². The molecule has 0 amide bonds. The van der Waals surface area contributed by atoms with Crippen molar-refractivity contribution in [1.29, 1.82) is 0 Å². The summed E-state index contributed by atoms with van der Waals surface area (Å²) in [4.78, 5) is 6.36. The van der Waals surface area contributed by atoms with Crippen molar-refractivity contribution in [1.82, 2.24) is 14.2 Å². The van der Waals surface area contributed by atoms with Gasteiger partial charge in [0, 0.05) is 45.1 Å². The molecule has 0 aliphatic carbocycles. The minimum Gasteiger partial charge on any atom is -0.296 e. The quantitative estimate of drug-likeness (QED) is 0.738. The average Bonchev–Trinajstić information content (AvgIpc) is 2.47. The highest BCUT2D eigenvalue weighted by Gasteiger charge is 2.26. The van der Waals surface area contributed by atoms with E-state index in [9.17, 15) is 8.42 Å². The number of rotatable bonds is 6. The van der Waals surface area contributed by atoms with Crippen LogP contribution in [0, 0.1) is 0 Å². The summed E-state index contributed by atoms with van der Waals surface area (Å²) in [5, 5.41) is 0.